The fourth-order valence-corrected chi connectivity index (χ4v) is 4.65. The quantitative estimate of drug-likeness (QED) is 0.630. The maximum atomic E-state index is 12.6. The highest BCUT2D eigenvalue weighted by Crippen LogP contribution is 2.29. The third-order valence-electron chi connectivity index (χ3n) is 6.42. The molecule has 0 saturated carbocycles. The molecule has 0 aromatic heterocycles. The van der Waals surface area contributed by atoms with Crippen LogP contribution in [0.2, 0.25) is 10.0 Å². The Kier molecular flexibility index (Phi) is 8.62. The molecule has 8 heteroatoms. The zero-order chi connectivity index (χ0) is 23.3. The first-order chi connectivity index (χ1) is 15.2. The Balaban J connectivity index is 1.46. The molecular weight excluding hydrogens is 449 g/mol. The molecule has 2 aliphatic rings. The van der Waals surface area contributed by atoms with Gasteiger partial charge in [-0.3, -0.25) is 9.59 Å². The molecule has 2 amide bonds. The maximum Gasteiger partial charge on any atom is 0.246 e. The van der Waals surface area contributed by atoms with Crippen molar-refractivity contribution in [1.29, 1.82) is 0 Å². The molecule has 1 N–H and O–H groups in total. The molecule has 2 saturated heterocycles. The number of halogens is 2. The fraction of sp³-hybridized carbons (Fsp3) is 0.583. The molecule has 1 aromatic rings. The maximum absolute atomic E-state index is 12.6. The van der Waals surface area contributed by atoms with E-state index in [9.17, 15) is 14.7 Å². The van der Waals surface area contributed by atoms with Crippen LogP contribution in [0.3, 0.4) is 0 Å². The van der Waals surface area contributed by atoms with Crippen LogP contribution in [-0.4, -0.2) is 83.5 Å². The van der Waals surface area contributed by atoms with Gasteiger partial charge in [0.1, 0.15) is 0 Å². The molecule has 6 nitrogen and oxygen atoms in total. The fourth-order valence-electron chi connectivity index (χ4n) is 4.34. The average molecular weight is 482 g/mol. The van der Waals surface area contributed by atoms with Gasteiger partial charge in [-0.1, -0.05) is 43.1 Å². The van der Waals surface area contributed by atoms with Gasteiger partial charge < -0.3 is 19.8 Å². The Bertz CT molecular complexity index is 859. The van der Waals surface area contributed by atoms with Crippen molar-refractivity contribution < 1.29 is 14.7 Å². The lowest BCUT2D eigenvalue weighted by molar-refractivity contribution is -0.130. The number of benzene rings is 1. The van der Waals surface area contributed by atoms with Gasteiger partial charge in [0.2, 0.25) is 11.8 Å². The number of nitrogens with zero attached hydrogens (tertiary/aromatic N) is 3. The number of piperidine rings is 1. The predicted molar refractivity (Wildman–Crippen MR) is 129 cm³/mol. The minimum absolute atomic E-state index is 0.0948. The van der Waals surface area contributed by atoms with E-state index in [0.717, 1.165) is 38.0 Å². The van der Waals surface area contributed by atoms with Crippen molar-refractivity contribution in [2.24, 2.45) is 5.41 Å². The van der Waals surface area contributed by atoms with Gasteiger partial charge in [0.15, 0.2) is 0 Å². The van der Waals surface area contributed by atoms with E-state index in [2.05, 4.69) is 18.7 Å². The Morgan fingerprint density at radius 1 is 1.16 bits per heavy atom. The summed E-state index contributed by atoms with van der Waals surface area (Å²) in [7, 11) is 0. The molecule has 1 aromatic carbocycles. The van der Waals surface area contributed by atoms with Crippen molar-refractivity contribution in [2.75, 3.05) is 45.8 Å². The molecule has 0 radical (unpaired) electrons. The summed E-state index contributed by atoms with van der Waals surface area (Å²) in [6.07, 6.45) is 5.01. The van der Waals surface area contributed by atoms with Crippen molar-refractivity contribution in [3.8, 4) is 0 Å². The first-order valence-corrected chi connectivity index (χ1v) is 12.0. The van der Waals surface area contributed by atoms with E-state index in [1.807, 2.05) is 4.90 Å². The van der Waals surface area contributed by atoms with Gasteiger partial charge in [0.05, 0.1) is 16.1 Å². The van der Waals surface area contributed by atoms with Crippen molar-refractivity contribution >= 4 is 41.1 Å². The highest BCUT2D eigenvalue weighted by atomic mass is 35.5. The summed E-state index contributed by atoms with van der Waals surface area (Å²) in [5.41, 5.74) is 0.705. The molecule has 0 bridgehead atoms. The highest BCUT2D eigenvalue weighted by Gasteiger charge is 2.34. The summed E-state index contributed by atoms with van der Waals surface area (Å²) in [4.78, 5) is 31.1. The molecule has 1 unspecified atom stereocenters. The third-order valence-corrected chi connectivity index (χ3v) is 7.16. The minimum Gasteiger partial charge on any atom is -0.392 e. The van der Waals surface area contributed by atoms with Gasteiger partial charge in [-0.15, -0.1) is 0 Å². The number of amides is 2. The number of hydrogen-bond acceptors (Lipinski definition) is 4. The molecule has 3 rings (SSSR count). The number of aliphatic hydroxyl groups excluding tert-OH is 1. The lowest BCUT2D eigenvalue weighted by atomic mass is 9.81. The molecule has 2 fully saturated rings. The van der Waals surface area contributed by atoms with Crippen LogP contribution in [0.15, 0.2) is 24.3 Å². The van der Waals surface area contributed by atoms with Gasteiger partial charge in [0, 0.05) is 57.2 Å². The second-order valence-corrected chi connectivity index (χ2v) is 10.2. The number of aliphatic hydroxyl groups is 1. The number of likely N-dealkylation sites (tertiary alicyclic amines) is 1. The Hall–Kier alpha value is -1.60. The molecule has 0 aliphatic carbocycles. The second-order valence-electron chi connectivity index (χ2n) is 9.39. The SMILES string of the molecule is CC1(C)CN(CCCN2CCN(C(=O)/C=C/c3ccc(Cl)c(Cl)c3)CCC2=O)CCC1O. The number of hydrogen-bond donors (Lipinski definition) is 1. The summed E-state index contributed by atoms with van der Waals surface area (Å²) in [6.45, 7) is 9.08. The topological polar surface area (TPSA) is 64.1 Å². The largest absolute Gasteiger partial charge is 0.392 e. The average Bonchev–Trinajstić information content (AvgIpc) is 2.93. The van der Waals surface area contributed by atoms with Gasteiger partial charge >= 0.3 is 0 Å². The van der Waals surface area contributed by atoms with Crippen molar-refractivity contribution in [3.63, 3.8) is 0 Å². The first kappa shape index (κ1) is 25.0. The standard InChI is InChI=1S/C24H33Cl2N3O3/c1-24(2)17-27(12-8-21(24)30)10-3-11-28-14-15-29(13-9-23(28)32)22(31)7-5-18-4-6-19(25)20(26)16-18/h4-7,16,21,30H,3,8-15,17H2,1-2H3/b7-5+. The number of carbonyl (C=O) groups is 2. The van der Waals surface area contributed by atoms with Gasteiger partial charge in [0.25, 0.3) is 0 Å². The van der Waals surface area contributed by atoms with E-state index in [-0.39, 0.29) is 23.3 Å². The van der Waals surface area contributed by atoms with E-state index < -0.39 is 0 Å². The van der Waals surface area contributed by atoms with E-state index in [4.69, 9.17) is 23.2 Å². The Morgan fingerprint density at radius 3 is 2.66 bits per heavy atom. The van der Waals surface area contributed by atoms with Crippen LogP contribution in [-0.2, 0) is 9.59 Å². The zero-order valence-electron chi connectivity index (χ0n) is 18.9. The van der Waals surface area contributed by atoms with Gasteiger partial charge in [-0.05, 0) is 43.2 Å². The van der Waals surface area contributed by atoms with E-state index in [1.54, 1.807) is 29.2 Å². The zero-order valence-corrected chi connectivity index (χ0v) is 20.4. The molecule has 0 spiro atoms. The molecule has 2 aliphatic heterocycles. The summed E-state index contributed by atoms with van der Waals surface area (Å²) < 4.78 is 0. The van der Waals surface area contributed by atoms with E-state index >= 15 is 0 Å². The molecular formula is C24H33Cl2N3O3. The number of rotatable bonds is 6. The summed E-state index contributed by atoms with van der Waals surface area (Å²) in [6, 6.07) is 5.21. The Labute approximate surface area is 200 Å². The molecule has 176 valence electrons. The third kappa shape index (κ3) is 6.70. The van der Waals surface area contributed by atoms with Crippen LogP contribution in [0.25, 0.3) is 6.08 Å². The summed E-state index contributed by atoms with van der Waals surface area (Å²) in [5, 5.41) is 11.0. The van der Waals surface area contributed by atoms with Crippen LogP contribution in [0.1, 0.15) is 38.7 Å². The van der Waals surface area contributed by atoms with Crippen LogP contribution in [0, 0.1) is 5.41 Å². The molecule has 1 atom stereocenters. The highest BCUT2D eigenvalue weighted by molar-refractivity contribution is 6.42. The monoisotopic (exact) mass is 481 g/mol. The van der Waals surface area contributed by atoms with Crippen molar-refractivity contribution in [3.05, 3.63) is 39.9 Å². The lowest BCUT2D eigenvalue weighted by Gasteiger charge is -2.42. The normalized spacial score (nSPS) is 22.4. The van der Waals surface area contributed by atoms with Gasteiger partial charge in [-0.2, -0.15) is 0 Å². The van der Waals surface area contributed by atoms with E-state index in [0.29, 0.717) is 42.6 Å². The smallest absolute Gasteiger partial charge is 0.246 e. The summed E-state index contributed by atoms with van der Waals surface area (Å²) in [5.74, 6) is -0.0111. The van der Waals surface area contributed by atoms with Gasteiger partial charge in [-0.25, -0.2) is 0 Å². The molecule has 32 heavy (non-hydrogen) atoms. The van der Waals surface area contributed by atoms with Crippen molar-refractivity contribution in [2.45, 2.75) is 39.2 Å². The molecule has 2 heterocycles. The summed E-state index contributed by atoms with van der Waals surface area (Å²) >= 11 is 12.0. The first-order valence-electron chi connectivity index (χ1n) is 11.3. The van der Waals surface area contributed by atoms with Crippen LogP contribution in [0.4, 0.5) is 0 Å². The minimum atomic E-state index is -0.250. The van der Waals surface area contributed by atoms with Crippen LogP contribution in [0.5, 0.6) is 0 Å². The second kappa shape index (κ2) is 11.0. The lowest BCUT2D eigenvalue weighted by Crippen LogP contribution is -2.49. The van der Waals surface area contributed by atoms with Crippen LogP contribution < -0.4 is 0 Å². The van der Waals surface area contributed by atoms with Crippen molar-refractivity contribution in [1.82, 2.24) is 14.7 Å². The van der Waals surface area contributed by atoms with Crippen LogP contribution >= 0.6 is 23.2 Å². The predicted octanol–water partition coefficient (Wildman–Crippen LogP) is 3.55. The number of carbonyl (C=O) groups excluding carboxylic acids is 2. The Morgan fingerprint density at radius 2 is 1.94 bits per heavy atom. The van der Waals surface area contributed by atoms with E-state index in [1.165, 1.54) is 6.08 Å².